The maximum Gasteiger partial charge on any atom is 0.0864 e. The molecule has 2 saturated heterocycles. The highest BCUT2D eigenvalue weighted by Gasteiger charge is 2.27. The minimum atomic E-state index is -0.326. The third-order valence-electron chi connectivity index (χ3n) is 4.56. The Hall–Kier alpha value is -1.72. The first-order chi connectivity index (χ1) is 11.8. The summed E-state index contributed by atoms with van der Waals surface area (Å²) < 4.78 is 10.3. The number of benzene rings is 2. The standard InChI is InChI=1S/2C10H12O2/c2*11-10-7-12-6-9(10)8-4-2-1-3-5-8/h2*1-5,9-11H,6-7H2/t2*9-,10-/m10/s1. The summed E-state index contributed by atoms with van der Waals surface area (Å²) in [4.78, 5) is 0. The number of hydrogen-bond acceptors (Lipinski definition) is 4. The van der Waals surface area contributed by atoms with E-state index in [1.165, 1.54) is 11.1 Å². The van der Waals surface area contributed by atoms with Crippen molar-refractivity contribution in [2.45, 2.75) is 24.0 Å². The Morgan fingerprint density at radius 1 is 0.583 bits per heavy atom. The van der Waals surface area contributed by atoms with Gasteiger partial charge in [0.25, 0.3) is 0 Å². The zero-order valence-corrected chi connectivity index (χ0v) is 13.6. The maximum absolute atomic E-state index is 9.52. The van der Waals surface area contributed by atoms with Crippen LogP contribution in [0.4, 0.5) is 0 Å². The fourth-order valence-electron chi connectivity index (χ4n) is 3.12. The van der Waals surface area contributed by atoms with Gasteiger partial charge in [-0.1, -0.05) is 60.7 Å². The summed E-state index contributed by atoms with van der Waals surface area (Å²) in [6.07, 6.45) is -0.653. The predicted molar refractivity (Wildman–Crippen MR) is 92.0 cm³/mol. The zero-order valence-electron chi connectivity index (χ0n) is 13.6. The maximum atomic E-state index is 9.52. The first kappa shape index (κ1) is 17.1. The van der Waals surface area contributed by atoms with Crippen LogP contribution in [0.1, 0.15) is 23.0 Å². The van der Waals surface area contributed by atoms with E-state index >= 15 is 0 Å². The molecule has 2 aromatic carbocycles. The number of ether oxygens (including phenoxy) is 2. The molecular weight excluding hydrogens is 304 g/mol. The average Bonchev–Trinajstić information content (AvgIpc) is 3.25. The SMILES string of the molecule is O[C@@H]1COC[C@@H]1c1ccccc1.O[C@H]1COC[C@H]1c1ccccc1. The molecule has 4 heteroatoms. The molecule has 2 heterocycles. The van der Waals surface area contributed by atoms with Crippen LogP contribution >= 0.6 is 0 Å². The lowest BCUT2D eigenvalue weighted by Gasteiger charge is -2.11. The lowest BCUT2D eigenvalue weighted by Crippen LogP contribution is -2.15. The Kier molecular flexibility index (Phi) is 5.99. The minimum Gasteiger partial charge on any atom is -0.390 e. The van der Waals surface area contributed by atoms with Gasteiger partial charge in [-0.25, -0.2) is 0 Å². The van der Waals surface area contributed by atoms with Gasteiger partial charge in [0.15, 0.2) is 0 Å². The van der Waals surface area contributed by atoms with Crippen LogP contribution in [-0.4, -0.2) is 48.8 Å². The van der Waals surface area contributed by atoms with E-state index in [1.54, 1.807) is 0 Å². The highest BCUT2D eigenvalue weighted by molar-refractivity contribution is 5.22. The van der Waals surface area contributed by atoms with Gasteiger partial charge in [0.2, 0.25) is 0 Å². The second-order valence-corrected chi connectivity index (χ2v) is 6.24. The summed E-state index contributed by atoms with van der Waals surface area (Å²) in [5.41, 5.74) is 2.34. The van der Waals surface area contributed by atoms with Gasteiger partial charge in [0.1, 0.15) is 0 Å². The van der Waals surface area contributed by atoms with Crippen LogP contribution in [0.3, 0.4) is 0 Å². The number of aliphatic hydroxyl groups excluding tert-OH is 2. The second kappa shape index (κ2) is 8.40. The van der Waals surface area contributed by atoms with E-state index in [9.17, 15) is 10.2 Å². The van der Waals surface area contributed by atoms with Gasteiger partial charge in [-0.2, -0.15) is 0 Å². The van der Waals surface area contributed by atoms with E-state index in [2.05, 4.69) is 0 Å². The first-order valence-corrected chi connectivity index (χ1v) is 8.37. The summed E-state index contributed by atoms with van der Waals surface area (Å²) in [6, 6.07) is 20.0. The van der Waals surface area contributed by atoms with Crippen molar-refractivity contribution in [2.24, 2.45) is 0 Å². The molecular formula is C20H24O4. The highest BCUT2D eigenvalue weighted by atomic mass is 16.5. The van der Waals surface area contributed by atoms with E-state index in [0.29, 0.717) is 26.4 Å². The van der Waals surface area contributed by atoms with Gasteiger partial charge < -0.3 is 19.7 Å². The lowest BCUT2D eigenvalue weighted by atomic mass is 9.97. The Morgan fingerprint density at radius 2 is 0.958 bits per heavy atom. The number of aliphatic hydroxyl groups is 2. The third kappa shape index (κ3) is 4.22. The van der Waals surface area contributed by atoms with E-state index in [0.717, 1.165) is 0 Å². The molecule has 128 valence electrons. The van der Waals surface area contributed by atoms with Crippen molar-refractivity contribution in [2.75, 3.05) is 26.4 Å². The van der Waals surface area contributed by atoms with E-state index in [-0.39, 0.29) is 24.0 Å². The van der Waals surface area contributed by atoms with Crippen LogP contribution in [0.25, 0.3) is 0 Å². The smallest absolute Gasteiger partial charge is 0.0864 e. The van der Waals surface area contributed by atoms with Crippen LogP contribution < -0.4 is 0 Å². The molecule has 2 fully saturated rings. The van der Waals surface area contributed by atoms with Crippen LogP contribution in [-0.2, 0) is 9.47 Å². The number of hydrogen-bond donors (Lipinski definition) is 2. The van der Waals surface area contributed by atoms with Crippen molar-refractivity contribution in [1.29, 1.82) is 0 Å². The summed E-state index contributed by atoms with van der Waals surface area (Å²) in [5, 5.41) is 19.0. The molecule has 4 atom stereocenters. The average molecular weight is 328 g/mol. The predicted octanol–water partition coefficient (Wildman–Crippen LogP) is 2.32. The molecule has 2 aliphatic rings. The van der Waals surface area contributed by atoms with Crippen molar-refractivity contribution >= 4 is 0 Å². The number of rotatable bonds is 2. The Morgan fingerprint density at radius 3 is 1.25 bits per heavy atom. The molecule has 24 heavy (non-hydrogen) atoms. The summed E-state index contributed by atoms with van der Waals surface area (Å²) in [7, 11) is 0. The molecule has 0 aromatic heterocycles. The van der Waals surface area contributed by atoms with Crippen molar-refractivity contribution in [3.63, 3.8) is 0 Å². The minimum absolute atomic E-state index is 0.172. The van der Waals surface area contributed by atoms with Gasteiger partial charge in [0, 0.05) is 11.8 Å². The normalized spacial score (nSPS) is 29.1. The van der Waals surface area contributed by atoms with Crippen LogP contribution in [0.5, 0.6) is 0 Å². The fraction of sp³-hybridized carbons (Fsp3) is 0.400. The molecule has 0 unspecified atom stereocenters. The van der Waals surface area contributed by atoms with Gasteiger partial charge in [-0.05, 0) is 11.1 Å². The van der Waals surface area contributed by atoms with E-state index in [4.69, 9.17) is 9.47 Å². The topological polar surface area (TPSA) is 58.9 Å². The highest BCUT2D eigenvalue weighted by Crippen LogP contribution is 2.25. The van der Waals surface area contributed by atoms with Crippen LogP contribution in [0.2, 0.25) is 0 Å². The molecule has 2 aromatic rings. The Labute approximate surface area is 142 Å². The molecule has 4 rings (SSSR count). The fourth-order valence-corrected chi connectivity index (χ4v) is 3.12. The second-order valence-electron chi connectivity index (χ2n) is 6.24. The largest absolute Gasteiger partial charge is 0.390 e. The first-order valence-electron chi connectivity index (χ1n) is 8.37. The van der Waals surface area contributed by atoms with Crippen molar-refractivity contribution in [3.8, 4) is 0 Å². The third-order valence-corrected chi connectivity index (χ3v) is 4.56. The molecule has 0 bridgehead atoms. The summed E-state index contributed by atoms with van der Waals surface area (Å²) in [6.45, 7) is 2.23. The lowest BCUT2D eigenvalue weighted by molar-refractivity contribution is 0.124. The van der Waals surface area contributed by atoms with Gasteiger partial charge in [-0.3, -0.25) is 0 Å². The van der Waals surface area contributed by atoms with Crippen molar-refractivity contribution < 1.29 is 19.7 Å². The molecule has 4 nitrogen and oxygen atoms in total. The molecule has 0 radical (unpaired) electrons. The van der Waals surface area contributed by atoms with Gasteiger partial charge in [0.05, 0.1) is 38.6 Å². The molecule has 0 amide bonds. The van der Waals surface area contributed by atoms with Gasteiger partial charge >= 0.3 is 0 Å². The van der Waals surface area contributed by atoms with E-state index < -0.39 is 0 Å². The molecule has 2 aliphatic heterocycles. The molecule has 0 aliphatic carbocycles. The quantitative estimate of drug-likeness (QED) is 0.888. The van der Waals surface area contributed by atoms with Crippen molar-refractivity contribution in [3.05, 3.63) is 71.8 Å². The Balaban J connectivity index is 0.000000141. The molecule has 2 N–H and O–H groups in total. The Bertz CT molecular complexity index is 546. The molecule has 0 saturated carbocycles. The summed E-state index contributed by atoms with van der Waals surface area (Å²) >= 11 is 0. The summed E-state index contributed by atoms with van der Waals surface area (Å²) in [5.74, 6) is 0.345. The van der Waals surface area contributed by atoms with Gasteiger partial charge in [-0.15, -0.1) is 0 Å². The van der Waals surface area contributed by atoms with E-state index in [1.807, 2.05) is 60.7 Å². The van der Waals surface area contributed by atoms with Crippen LogP contribution in [0.15, 0.2) is 60.7 Å². The van der Waals surface area contributed by atoms with Crippen LogP contribution in [0, 0.1) is 0 Å². The zero-order chi connectivity index (χ0) is 16.8. The van der Waals surface area contributed by atoms with Crippen molar-refractivity contribution in [1.82, 2.24) is 0 Å². The monoisotopic (exact) mass is 328 g/mol. The molecule has 0 spiro atoms.